The molecular weight excluding hydrogens is 246 g/mol. The Morgan fingerprint density at radius 2 is 2.06 bits per heavy atom. The van der Waals surface area contributed by atoms with Gasteiger partial charge < -0.3 is 10.1 Å². The van der Waals surface area contributed by atoms with E-state index in [0.717, 1.165) is 37.2 Å². The quantitative estimate of drug-likeness (QED) is 0.749. The number of aryl methyl sites for hydroxylation is 1. The fourth-order valence-electron chi connectivity index (χ4n) is 1.72. The molecule has 0 fully saturated rings. The molecule has 1 aromatic carbocycles. The van der Waals surface area contributed by atoms with Crippen LogP contribution in [0.25, 0.3) is 0 Å². The second kappa shape index (κ2) is 7.01. The monoisotopic (exact) mass is 269 g/mol. The zero-order chi connectivity index (χ0) is 13.6. The molecule has 1 atom stereocenters. The molecule has 1 N–H and O–H groups in total. The number of benzene rings is 1. The highest BCUT2D eigenvalue weighted by atomic mass is 35.5. The molecule has 2 nitrogen and oxygen atoms in total. The molecule has 0 bridgehead atoms. The molecule has 1 unspecified atom stereocenters. The van der Waals surface area contributed by atoms with Crippen molar-refractivity contribution >= 4 is 11.6 Å². The van der Waals surface area contributed by atoms with Gasteiger partial charge in [0.15, 0.2) is 0 Å². The van der Waals surface area contributed by atoms with E-state index in [4.69, 9.17) is 16.3 Å². The third-order valence-corrected chi connectivity index (χ3v) is 3.43. The summed E-state index contributed by atoms with van der Waals surface area (Å²) in [7, 11) is 0. The number of rotatable bonds is 7. The molecule has 3 heteroatoms. The van der Waals surface area contributed by atoms with Crippen LogP contribution < -0.4 is 10.1 Å². The lowest BCUT2D eigenvalue weighted by molar-refractivity contribution is 0.0838. The van der Waals surface area contributed by atoms with E-state index in [1.165, 1.54) is 0 Å². The van der Waals surface area contributed by atoms with E-state index in [0.29, 0.717) is 5.02 Å². The van der Waals surface area contributed by atoms with Crippen molar-refractivity contribution in [1.29, 1.82) is 0 Å². The van der Waals surface area contributed by atoms with Gasteiger partial charge in [0, 0.05) is 6.54 Å². The molecule has 0 amide bonds. The molecule has 1 rings (SSSR count). The number of ether oxygens (including phenoxy) is 1. The molecule has 102 valence electrons. The van der Waals surface area contributed by atoms with Crippen molar-refractivity contribution in [3.05, 3.63) is 28.8 Å². The Morgan fingerprint density at radius 3 is 2.67 bits per heavy atom. The predicted octanol–water partition coefficient (Wildman–Crippen LogP) is 4.20. The van der Waals surface area contributed by atoms with Gasteiger partial charge in [0.25, 0.3) is 0 Å². The van der Waals surface area contributed by atoms with Gasteiger partial charge in [-0.05, 0) is 50.9 Å². The summed E-state index contributed by atoms with van der Waals surface area (Å²) in [6.07, 6.45) is 2.07. The first kappa shape index (κ1) is 15.3. The van der Waals surface area contributed by atoms with E-state index < -0.39 is 0 Å². The summed E-state index contributed by atoms with van der Waals surface area (Å²) >= 11 is 6.18. The molecule has 0 aliphatic carbocycles. The van der Waals surface area contributed by atoms with E-state index in [1.54, 1.807) is 0 Å². The third kappa shape index (κ3) is 4.51. The largest absolute Gasteiger partial charge is 0.485 e. The van der Waals surface area contributed by atoms with Gasteiger partial charge in [-0.2, -0.15) is 0 Å². The fourth-order valence-corrected chi connectivity index (χ4v) is 1.87. The Balaban J connectivity index is 2.74. The van der Waals surface area contributed by atoms with Crippen molar-refractivity contribution in [2.75, 3.05) is 13.1 Å². The van der Waals surface area contributed by atoms with Crippen molar-refractivity contribution in [2.45, 2.75) is 46.1 Å². The molecule has 18 heavy (non-hydrogen) atoms. The van der Waals surface area contributed by atoms with Crippen LogP contribution >= 0.6 is 11.6 Å². The van der Waals surface area contributed by atoms with Gasteiger partial charge in [-0.15, -0.1) is 0 Å². The van der Waals surface area contributed by atoms with E-state index in [2.05, 4.69) is 26.1 Å². The molecule has 0 radical (unpaired) electrons. The SMILES string of the molecule is CCCNCC(C)(CC)Oc1cc(C)ccc1Cl. The average Bonchev–Trinajstić information content (AvgIpc) is 2.34. The molecule has 0 spiro atoms. The number of hydrogen-bond acceptors (Lipinski definition) is 2. The fraction of sp³-hybridized carbons (Fsp3) is 0.600. The molecule has 0 saturated heterocycles. The van der Waals surface area contributed by atoms with Gasteiger partial charge in [0.05, 0.1) is 5.02 Å². The second-order valence-corrected chi connectivity index (χ2v) is 5.42. The number of hydrogen-bond donors (Lipinski definition) is 1. The molecule has 0 aliphatic rings. The molecule has 0 saturated carbocycles. The lowest BCUT2D eigenvalue weighted by Crippen LogP contribution is -2.42. The molecule has 0 heterocycles. The zero-order valence-electron chi connectivity index (χ0n) is 11.8. The van der Waals surface area contributed by atoms with Gasteiger partial charge in [-0.25, -0.2) is 0 Å². The number of halogens is 1. The van der Waals surface area contributed by atoms with Crippen LogP contribution in [0.2, 0.25) is 5.02 Å². The Hall–Kier alpha value is -0.730. The van der Waals surface area contributed by atoms with Gasteiger partial charge in [0.1, 0.15) is 11.4 Å². The Morgan fingerprint density at radius 1 is 1.33 bits per heavy atom. The highest BCUT2D eigenvalue weighted by Gasteiger charge is 2.24. The van der Waals surface area contributed by atoms with Crippen LogP contribution in [0.4, 0.5) is 0 Å². The second-order valence-electron chi connectivity index (χ2n) is 5.02. The van der Waals surface area contributed by atoms with Crippen molar-refractivity contribution in [3.8, 4) is 5.75 Å². The Kier molecular flexibility index (Phi) is 5.97. The number of nitrogens with one attached hydrogen (secondary N) is 1. The Bertz CT molecular complexity index is 381. The van der Waals surface area contributed by atoms with E-state index in [1.807, 2.05) is 25.1 Å². The van der Waals surface area contributed by atoms with E-state index in [9.17, 15) is 0 Å². The maximum absolute atomic E-state index is 6.18. The van der Waals surface area contributed by atoms with Crippen LogP contribution in [-0.4, -0.2) is 18.7 Å². The van der Waals surface area contributed by atoms with Crippen molar-refractivity contribution in [1.82, 2.24) is 5.32 Å². The van der Waals surface area contributed by atoms with Gasteiger partial charge in [-0.1, -0.05) is 31.5 Å². The van der Waals surface area contributed by atoms with Crippen molar-refractivity contribution in [3.63, 3.8) is 0 Å². The first-order chi connectivity index (χ1) is 8.50. The van der Waals surface area contributed by atoms with Gasteiger partial charge in [0.2, 0.25) is 0 Å². The summed E-state index contributed by atoms with van der Waals surface area (Å²) in [5.41, 5.74) is 0.946. The predicted molar refractivity (Wildman–Crippen MR) is 78.7 cm³/mol. The van der Waals surface area contributed by atoms with Crippen LogP contribution in [0.15, 0.2) is 18.2 Å². The topological polar surface area (TPSA) is 21.3 Å². The molecule has 1 aromatic rings. The zero-order valence-corrected chi connectivity index (χ0v) is 12.6. The maximum Gasteiger partial charge on any atom is 0.139 e. The van der Waals surface area contributed by atoms with Gasteiger partial charge in [-0.3, -0.25) is 0 Å². The summed E-state index contributed by atoms with van der Waals surface area (Å²) in [4.78, 5) is 0. The maximum atomic E-state index is 6.18. The first-order valence-corrected chi connectivity index (χ1v) is 7.04. The summed E-state index contributed by atoms with van der Waals surface area (Å²) in [6.45, 7) is 10.3. The lowest BCUT2D eigenvalue weighted by Gasteiger charge is -2.30. The minimum atomic E-state index is -0.216. The van der Waals surface area contributed by atoms with Gasteiger partial charge >= 0.3 is 0 Å². The highest BCUT2D eigenvalue weighted by Crippen LogP contribution is 2.29. The van der Waals surface area contributed by atoms with Crippen molar-refractivity contribution < 1.29 is 4.74 Å². The van der Waals surface area contributed by atoms with Crippen LogP contribution in [0.1, 0.15) is 39.2 Å². The summed E-state index contributed by atoms with van der Waals surface area (Å²) in [5.74, 6) is 0.777. The third-order valence-electron chi connectivity index (χ3n) is 3.12. The minimum absolute atomic E-state index is 0.216. The summed E-state index contributed by atoms with van der Waals surface area (Å²) in [5, 5.41) is 4.09. The lowest BCUT2D eigenvalue weighted by atomic mass is 10.0. The van der Waals surface area contributed by atoms with Crippen molar-refractivity contribution in [2.24, 2.45) is 0 Å². The first-order valence-electron chi connectivity index (χ1n) is 6.66. The standard InChI is InChI=1S/C15H24ClNO/c1-5-9-17-11-15(4,6-2)18-14-10-12(3)7-8-13(14)16/h7-8,10,17H,5-6,9,11H2,1-4H3. The van der Waals surface area contributed by atoms with E-state index in [-0.39, 0.29) is 5.60 Å². The van der Waals surface area contributed by atoms with Crippen LogP contribution in [-0.2, 0) is 0 Å². The molecule has 0 aromatic heterocycles. The van der Waals surface area contributed by atoms with Crippen LogP contribution in [0.5, 0.6) is 5.75 Å². The minimum Gasteiger partial charge on any atom is -0.485 e. The average molecular weight is 270 g/mol. The van der Waals surface area contributed by atoms with Crippen LogP contribution in [0.3, 0.4) is 0 Å². The summed E-state index contributed by atoms with van der Waals surface area (Å²) < 4.78 is 6.11. The molecule has 0 aliphatic heterocycles. The van der Waals surface area contributed by atoms with Crippen LogP contribution in [0, 0.1) is 6.92 Å². The normalized spacial score (nSPS) is 14.3. The Labute approximate surface area is 116 Å². The smallest absolute Gasteiger partial charge is 0.139 e. The highest BCUT2D eigenvalue weighted by molar-refractivity contribution is 6.32. The molecular formula is C15H24ClNO. The van der Waals surface area contributed by atoms with E-state index >= 15 is 0 Å². The summed E-state index contributed by atoms with van der Waals surface area (Å²) in [6, 6.07) is 5.88.